The van der Waals surface area contributed by atoms with E-state index in [-0.39, 0.29) is 30.3 Å². The largest absolute Gasteiger partial charge is 0.369 e. The lowest BCUT2D eigenvalue weighted by molar-refractivity contribution is -0.137. The molecule has 0 radical (unpaired) electrons. The van der Waals surface area contributed by atoms with Gasteiger partial charge in [-0.25, -0.2) is 0 Å². The number of hydrogen-bond acceptors (Lipinski definition) is 5. The molecule has 1 aliphatic heterocycles. The van der Waals surface area contributed by atoms with Gasteiger partial charge in [-0.2, -0.15) is 0 Å². The monoisotopic (exact) mass is 294 g/mol. The Bertz CT molecular complexity index is 480. The second kappa shape index (κ2) is 6.71. The van der Waals surface area contributed by atoms with Crippen LogP contribution in [-0.2, 0) is 9.59 Å². The van der Waals surface area contributed by atoms with Crippen molar-refractivity contribution in [1.29, 1.82) is 0 Å². The van der Waals surface area contributed by atoms with Crippen LogP contribution in [0.4, 0.5) is 0 Å². The quantitative estimate of drug-likeness (QED) is 0.848. The van der Waals surface area contributed by atoms with Crippen molar-refractivity contribution >= 4 is 11.8 Å². The minimum Gasteiger partial charge on any atom is -0.369 e. The van der Waals surface area contributed by atoms with Crippen molar-refractivity contribution in [2.45, 2.75) is 25.8 Å². The molecule has 0 spiro atoms. The lowest BCUT2D eigenvalue weighted by atomic mass is 9.94. The van der Waals surface area contributed by atoms with Crippen LogP contribution in [-0.4, -0.2) is 53.5 Å². The molecule has 1 fully saturated rings. The molecular weight excluding hydrogens is 272 g/mol. The molecule has 0 aliphatic carbocycles. The summed E-state index contributed by atoms with van der Waals surface area (Å²) in [6.45, 7) is 3.65. The number of carbonyl (C=O) groups excluding carboxylic acids is 2. The third-order valence-electron chi connectivity index (χ3n) is 4.13. The first-order chi connectivity index (χ1) is 9.99. The molecule has 2 heterocycles. The van der Waals surface area contributed by atoms with Crippen LogP contribution in [0.15, 0.2) is 16.9 Å². The molecule has 0 bridgehead atoms. The summed E-state index contributed by atoms with van der Waals surface area (Å²) in [6.07, 6.45) is 3.01. The predicted molar refractivity (Wildman–Crippen MR) is 76.0 cm³/mol. The maximum Gasteiger partial charge on any atom is 0.231 e. The van der Waals surface area contributed by atoms with Crippen molar-refractivity contribution in [1.82, 2.24) is 15.0 Å². The summed E-state index contributed by atoms with van der Waals surface area (Å²) in [5.74, 6) is -0.214. The fourth-order valence-electron chi connectivity index (χ4n) is 2.67. The standard InChI is InChI=1S/C14H22N4O3/c1-10(12-5-8-21-16-12)17(2)14(20)11-3-6-18(7-4-11)9-13(15)19/h5,8,10-11H,3-4,6-7,9H2,1-2H3,(H2,15,19)/t10-/m1/s1. The van der Waals surface area contributed by atoms with E-state index in [1.54, 1.807) is 18.0 Å². The van der Waals surface area contributed by atoms with Crippen LogP contribution >= 0.6 is 0 Å². The van der Waals surface area contributed by atoms with Crippen LogP contribution in [0.2, 0.25) is 0 Å². The number of aromatic nitrogens is 1. The Morgan fingerprint density at radius 3 is 2.71 bits per heavy atom. The summed E-state index contributed by atoms with van der Waals surface area (Å²) < 4.78 is 4.82. The SMILES string of the molecule is C[C@H](c1ccon1)N(C)C(=O)C1CCN(CC(N)=O)CC1. The van der Waals surface area contributed by atoms with Gasteiger partial charge in [0.25, 0.3) is 0 Å². The smallest absolute Gasteiger partial charge is 0.231 e. The Morgan fingerprint density at radius 1 is 1.52 bits per heavy atom. The normalized spacial score (nSPS) is 18.4. The summed E-state index contributed by atoms with van der Waals surface area (Å²) >= 11 is 0. The number of rotatable bonds is 5. The summed E-state index contributed by atoms with van der Waals surface area (Å²) in [7, 11) is 1.79. The van der Waals surface area contributed by atoms with Crippen LogP contribution in [0, 0.1) is 5.92 Å². The van der Waals surface area contributed by atoms with Crippen LogP contribution < -0.4 is 5.73 Å². The van der Waals surface area contributed by atoms with Crippen molar-refractivity contribution in [3.05, 3.63) is 18.0 Å². The lowest BCUT2D eigenvalue weighted by Crippen LogP contribution is -2.44. The molecule has 7 heteroatoms. The van der Waals surface area contributed by atoms with Gasteiger partial charge in [0.15, 0.2) is 0 Å². The third-order valence-corrected chi connectivity index (χ3v) is 4.13. The molecule has 0 saturated carbocycles. The highest BCUT2D eigenvalue weighted by Gasteiger charge is 2.30. The third kappa shape index (κ3) is 3.81. The van der Waals surface area contributed by atoms with E-state index >= 15 is 0 Å². The van der Waals surface area contributed by atoms with Crippen molar-refractivity contribution in [2.24, 2.45) is 11.7 Å². The van der Waals surface area contributed by atoms with Crippen LogP contribution in [0.5, 0.6) is 0 Å². The highest BCUT2D eigenvalue weighted by molar-refractivity contribution is 5.79. The highest BCUT2D eigenvalue weighted by atomic mass is 16.5. The molecule has 0 unspecified atom stereocenters. The van der Waals surface area contributed by atoms with Gasteiger partial charge in [-0.1, -0.05) is 5.16 Å². The van der Waals surface area contributed by atoms with E-state index < -0.39 is 0 Å². The molecule has 21 heavy (non-hydrogen) atoms. The number of carbonyl (C=O) groups is 2. The van der Waals surface area contributed by atoms with E-state index in [0.717, 1.165) is 31.6 Å². The first kappa shape index (κ1) is 15.5. The maximum atomic E-state index is 12.5. The summed E-state index contributed by atoms with van der Waals surface area (Å²) in [5, 5.41) is 3.88. The zero-order chi connectivity index (χ0) is 15.4. The van der Waals surface area contributed by atoms with Crippen molar-refractivity contribution in [3.8, 4) is 0 Å². The molecule has 1 atom stereocenters. The molecule has 1 saturated heterocycles. The van der Waals surface area contributed by atoms with Gasteiger partial charge in [0.1, 0.15) is 12.0 Å². The van der Waals surface area contributed by atoms with Crippen LogP contribution in [0.3, 0.4) is 0 Å². The van der Waals surface area contributed by atoms with Gasteiger partial charge >= 0.3 is 0 Å². The average Bonchev–Trinajstić information content (AvgIpc) is 2.99. The Kier molecular flexibility index (Phi) is 4.95. The number of piperidine rings is 1. The van der Waals surface area contributed by atoms with Crippen molar-refractivity contribution in [3.63, 3.8) is 0 Å². The fourth-order valence-corrected chi connectivity index (χ4v) is 2.67. The molecule has 0 aromatic carbocycles. The van der Waals surface area contributed by atoms with E-state index in [2.05, 4.69) is 5.16 Å². The molecule has 2 N–H and O–H groups in total. The number of hydrogen-bond donors (Lipinski definition) is 1. The second-order valence-electron chi connectivity index (χ2n) is 5.57. The molecule has 2 amide bonds. The van der Waals surface area contributed by atoms with Gasteiger partial charge in [0.2, 0.25) is 11.8 Å². The van der Waals surface area contributed by atoms with E-state index in [4.69, 9.17) is 10.3 Å². The molecule has 1 aromatic rings. The first-order valence-electron chi connectivity index (χ1n) is 7.16. The van der Waals surface area contributed by atoms with E-state index in [1.165, 1.54) is 6.26 Å². The predicted octanol–water partition coefficient (Wildman–Crippen LogP) is 0.391. The minimum absolute atomic E-state index is 0.00604. The highest BCUT2D eigenvalue weighted by Crippen LogP contribution is 2.24. The Balaban J connectivity index is 1.88. The zero-order valence-electron chi connectivity index (χ0n) is 12.5. The number of amides is 2. The van der Waals surface area contributed by atoms with E-state index in [1.807, 2.05) is 11.8 Å². The molecule has 1 aliphatic rings. The summed E-state index contributed by atoms with van der Waals surface area (Å²) in [4.78, 5) is 27.1. The molecule has 1 aromatic heterocycles. The van der Waals surface area contributed by atoms with Gasteiger partial charge in [-0.3, -0.25) is 14.5 Å². The Hall–Kier alpha value is -1.89. The van der Waals surface area contributed by atoms with E-state index in [0.29, 0.717) is 0 Å². The number of likely N-dealkylation sites (tertiary alicyclic amines) is 1. The van der Waals surface area contributed by atoms with Gasteiger partial charge in [-0.05, 0) is 32.9 Å². The maximum absolute atomic E-state index is 12.5. The number of nitrogens with zero attached hydrogens (tertiary/aromatic N) is 3. The molecule has 116 valence electrons. The zero-order valence-corrected chi connectivity index (χ0v) is 12.5. The minimum atomic E-state index is -0.323. The average molecular weight is 294 g/mol. The Morgan fingerprint density at radius 2 is 2.19 bits per heavy atom. The lowest BCUT2D eigenvalue weighted by Gasteiger charge is -2.34. The fraction of sp³-hybridized carbons (Fsp3) is 0.643. The molecule has 7 nitrogen and oxygen atoms in total. The van der Waals surface area contributed by atoms with Crippen LogP contribution in [0.25, 0.3) is 0 Å². The first-order valence-corrected chi connectivity index (χ1v) is 7.16. The Labute approximate surface area is 124 Å². The van der Waals surface area contributed by atoms with Gasteiger partial charge in [0, 0.05) is 19.0 Å². The van der Waals surface area contributed by atoms with Crippen molar-refractivity contribution in [2.75, 3.05) is 26.7 Å². The van der Waals surface area contributed by atoms with Gasteiger partial charge in [-0.15, -0.1) is 0 Å². The van der Waals surface area contributed by atoms with Crippen molar-refractivity contribution < 1.29 is 14.1 Å². The van der Waals surface area contributed by atoms with E-state index in [9.17, 15) is 9.59 Å². The molecular formula is C14H22N4O3. The number of nitrogens with two attached hydrogens (primary N) is 1. The summed E-state index contributed by atoms with van der Waals surface area (Å²) in [5.41, 5.74) is 5.94. The molecule has 2 rings (SSSR count). The van der Waals surface area contributed by atoms with Gasteiger partial charge < -0.3 is 15.2 Å². The number of primary amides is 1. The summed E-state index contributed by atoms with van der Waals surface area (Å²) in [6, 6.07) is 1.66. The second-order valence-corrected chi connectivity index (χ2v) is 5.57. The topological polar surface area (TPSA) is 92.7 Å². The van der Waals surface area contributed by atoms with Crippen LogP contribution in [0.1, 0.15) is 31.5 Å². The van der Waals surface area contributed by atoms with Gasteiger partial charge in [0.05, 0.1) is 12.6 Å².